The van der Waals surface area contributed by atoms with E-state index >= 15 is 0 Å². The molecule has 0 bridgehead atoms. The van der Waals surface area contributed by atoms with E-state index < -0.39 is 5.97 Å². The first-order valence-corrected chi connectivity index (χ1v) is 7.12. The number of rotatable bonds is 7. The summed E-state index contributed by atoms with van der Waals surface area (Å²) in [4.78, 5) is 36.5. The summed E-state index contributed by atoms with van der Waals surface area (Å²) < 4.78 is 9.58. The summed E-state index contributed by atoms with van der Waals surface area (Å²) in [7, 11) is 1.29. The van der Waals surface area contributed by atoms with Gasteiger partial charge in [-0.15, -0.1) is 0 Å². The highest BCUT2D eigenvalue weighted by Crippen LogP contribution is 2.22. The molecule has 0 aliphatic carbocycles. The van der Waals surface area contributed by atoms with Crippen molar-refractivity contribution in [2.75, 3.05) is 25.2 Å². The van der Waals surface area contributed by atoms with E-state index in [1.165, 1.54) is 18.9 Å². The molecule has 6 nitrogen and oxygen atoms in total. The monoisotopic (exact) mass is 307 g/mol. The van der Waals surface area contributed by atoms with Gasteiger partial charge in [-0.1, -0.05) is 12.1 Å². The Labute approximate surface area is 130 Å². The van der Waals surface area contributed by atoms with Crippen LogP contribution in [0.5, 0.6) is 0 Å². The molecule has 1 aromatic rings. The minimum absolute atomic E-state index is 0.208. The van der Waals surface area contributed by atoms with E-state index in [1.54, 1.807) is 31.2 Å². The van der Waals surface area contributed by atoms with E-state index in [-0.39, 0.29) is 18.3 Å². The molecule has 1 rings (SSSR count). The van der Waals surface area contributed by atoms with Crippen LogP contribution in [0.15, 0.2) is 24.3 Å². The topological polar surface area (TPSA) is 72.9 Å². The number of esters is 2. The Morgan fingerprint density at radius 2 is 1.86 bits per heavy atom. The molecule has 1 amide bonds. The van der Waals surface area contributed by atoms with Gasteiger partial charge in [0.1, 0.15) is 0 Å². The van der Waals surface area contributed by atoms with Crippen molar-refractivity contribution in [2.45, 2.75) is 26.7 Å². The maximum atomic E-state index is 11.9. The Kier molecular flexibility index (Phi) is 7.08. The number of carbonyl (C=O) groups is 3. The van der Waals surface area contributed by atoms with Gasteiger partial charge < -0.3 is 14.4 Å². The molecule has 22 heavy (non-hydrogen) atoms. The fourth-order valence-electron chi connectivity index (χ4n) is 2.05. The number of hydrogen-bond acceptors (Lipinski definition) is 5. The van der Waals surface area contributed by atoms with E-state index in [0.29, 0.717) is 30.8 Å². The summed E-state index contributed by atoms with van der Waals surface area (Å²) in [6.45, 7) is 3.81. The van der Waals surface area contributed by atoms with Crippen molar-refractivity contribution in [1.29, 1.82) is 0 Å². The standard InChI is InChI=1S/C16H21NO5/c1-4-22-15(19)10-7-11-17(12(2)18)14-9-6-5-8-13(14)16(20)21-3/h5-6,8-9H,4,7,10-11H2,1-3H3. The second-order valence-corrected chi connectivity index (χ2v) is 4.59. The van der Waals surface area contributed by atoms with Crippen LogP contribution in [0.4, 0.5) is 5.69 Å². The van der Waals surface area contributed by atoms with Crippen molar-refractivity contribution in [3.8, 4) is 0 Å². The molecule has 0 atom stereocenters. The van der Waals surface area contributed by atoms with Gasteiger partial charge in [0.05, 0.1) is 25.0 Å². The van der Waals surface area contributed by atoms with Crippen LogP contribution in [-0.2, 0) is 19.1 Å². The summed E-state index contributed by atoms with van der Waals surface area (Å²) in [5.74, 6) is -1.01. The maximum Gasteiger partial charge on any atom is 0.339 e. The number of amides is 1. The Morgan fingerprint density at radius 1 is 1.18 bits per heavy atom. The number of para-hydroxylation sites is 1. The predicted octanol–water partition coefficient (Wildman–Crippen LogP) is 2.17. The van der Waals surface area contributed by atoms with Crippen LogP contribution in [-0.4, -0.2) is 38.1 Å². The van der Waals surface area contributed by atoms with Crippen molar-refractivity contribution in [2.24, 2.45) is 0 Å². The molecule has 0 N–H and O–H groups in total. The Balaban J connectivity index is 2.86. The van der Waals surface area contributed by atoms with E-state index in [4.69, 9.17) is 9.47 Å². The second-order valence-electron chi connectivity index (χ2n) is 4.59. The fraction of sp³-hybridized carbons (Fsp3) is 0.438. The van der Waals surface area contributed by atoms with E-state index in [9.17, 15) is 14.4 Å². The van der Waals surface area contributed by atoms with Gasteiger partial charge in [0.15, 0.2) is 0 Å². The minimum Gasteiger partial charge on any atom is -0.466 e. The van der Waals surface area contributed by atoms with Gasteiger partial charge in [-0.05, 0) is 25.5 Å². The Morgan fingerprint density at radius 3 is 2.45 bits per heavy atom. The molecule has 0 fully saturated rings. The molecule has 0 spiro atoms. The largest absolute Gasteiger partial charge is 0.466 e. The summed E-state index contributed by atoms with van der Waals surface area (Å²) in [6, 6.07) is 6.72. The van der Waals surface area contributed by atoms with Crippen molar-refractivity contribution in [3.63, 3.8) is 0 Å². The van der Waals surface area contributed by atoms with Crippen molar-refractivity contribution < 1.29 is 23.9 Å². The van der Waals surface area contributed by atoms with Gasteiger partial charge in [-0.25, -0.2) is 4.79 Å². The number of anilines is 1. The van der Waals surface area contributed by atoms with Crippen LogP contribution in [0.1, 0.15) is 37.0 Å². The second kappa shape index (κ2) is 8.81. The van der Waals surface area contributed by atoms with Crippen LogP contribution in [0, 0.1) is 0 Å². The summed E-state index contributed by atoms with van der Waals surface area (Å²) >= 11 is 0. The lowest BCUT2D eigenvalue weighted by Crippen LogP contribution is -2.31. The van der Waals surface area contributed by atoms with Gasteiger partial charge in [0, 0.05) is 19.9 Å². The average Bonchev–Trinajstić information content (AvgIpc) is 2.51. The quantitative estimate of drug-likeness (QED) is 0.722. The van der Waals surface area contributed by atoms with Gasteiger partial charge in [0.25, 0.3) is 0 Å². The molecule has 120 valence electrons. The average molecular weight is 307 g/mol. The molecular weight excluding hydrogens is 286 g/mol. The number of carbonyl (C=O) groups excluding carboxylic acids is 3. The lowest BCUT2D eigenvalue weighted by molar-refractivity contribution is -0.143. The molecule has 0 aliphatic rings. The molecule has 6 heteroatoms. The minimum atomic E-state index is -0.507. The first kappa shape index (κ1) is 17.7. The van der Waals surface area contributed by atoms with Crippen LogP contribution in [0.2, 0.25) is 0 Å². The Bertz CT molecular complexity index is 541. The number of ether oxygens (including phenoxy) is 2. The van der Waals surface area contributed by atoms with Crippen LogP contribution < -0.4 is 4.90 Å². The van der Waals surface area contributed by atoms with Crippen LogP contribution in [0.3, 0.4) is 0 Å². The van der Waals surface area contributed by atoms with E-state index in [2.05, 4.69) is 0 Å². The van der Waals surface area contributed by atoms with Crippen molar-refractivity contribution >= 4 is 23.5 Å². The van der Waals surface area contributed by atoms with Crippen molar-refractivity contribution in [3.05, 3.63) is 29.8 Å². The predicted molar refractivity (Wildman–Crippen MR) is 81.7 cm³/mol. The zero-order valence-corrected chi connectivity index (χ0v) is 13.1. The number of methoxy groups -OCH3 is 1. The lowest BCUT2D eigenvalue weighted by Gasteiger charge is -2.23. The molecule has 0 aliphatic heterocycles. The molecular formula is C16H21NO5. The van der Waals surface area contributed by atoms with Crippen LogP contribution in [0.25, 0.3) is 0 Å². The molecule has 0 saturated heterocycles. The lowest BCUT2D eigenvalue weighted by atomic mass is 10.1. The molecule has 0 saturated carbocycles. The van der Waals surface area contributed by atoms with Crippen LogP contribution >= 0.6 is 0 Å². The highest BCUT2D eigenvalue weighted by atomic mass is 16.5. The third kappa shape index (κ3) is 4.87. The van der Waals surface area contributed by atoms with Crippen molar-refractivity contribution in [1.82, 2.24) is 0 Å². The highest BCUT2D eigenvalue weighted by molar-refractivity contribution is 6.01. The van der Waals surface area contributed by atoms with E-state index in [1.807, 2.05) is 0 Å². The first-order valence-electron chi connectivity index (χ1n) is 7.12. The number of benzene rings is 1. The molecule has 0 radical (unpaired) electrons. The van der Waals surface area contributed by atoms with Gasteiger partial charge in [0.2, 0.25) is 5.91 Å². The fourth-order valence-corrected chi connectivity index (χ4v) is 2.05. The third-order valence-electron chi connectivity index (χ3n) is 3.05. The van der Waals surface area contributed by atoms with Gasteiger partial charge >= 0.3 is 11.9 Å². The molecule has 0 heterocycles. The SMILES string of the molecule is CCOC(=O)CCCN(C(C)=O)c1ccccc1C(=O)OC. The molecule has 0 unspecified atom stereocenters. The first-order chi connectivity index (χ1) is 10.5. The zero-order chi connectivity index (χ0) is 16.5. The zero-order valence-electron chi connectivity index (χ0n) is 13.1. The number of nitrogens with zero attached hydrogens (tertiary/aromatic N) is 1. The maximum absolute atomic E-state index is 11.9. The summed E-state index contributed by atoms with van der Waals surface area (Å²) in [5.41, 5.74) is 0.794. The number of hydrogen-bond donors (Lipinski definition) is 0. The van der Waals surface area contributed by atoms with Gasteiger partial charge in [-0.2, -0.15) is 0 Å². The van der Waals surface area contributed by atoms with E-state index in [0.717, 1.165) is 0 Å². The smallest absolute Gasteiger partial charge is 0.339 e. The Hall–Kier alpha value is -2.37. The third-order valence-corrected chi connectivity index (χ3v) is 3.05. The normalized spacial score (nSPS) is 9.95. The molecule has 0 aromatic heterocycles. The summed E-state index contributed by atoms with van der Waals surface area (Å²) in [6.07, 6.45) is 0.673. The van der Waals surface area contributed by atoms with Gasteiger partial charge in [-0.3, -0.25) is 9.59 Å². The molecule has 1 aromatic carbocycles. The summed E-state index contributed by atoms with van der Waals surface area (Å²) in [5, 5.41) is 0. The highest BCUT2D eigenvalue weighted by Gasteiger charge is 2.19.